The molecule has 2 aliphatic heterocycles. The molecule has 2 amide bonds. The number of carbonyl (C=O) groups is 2. The molecule has 0 aromatic heterocycles. The van der Waals surface area contributed by atoms with Gasteiger partial charge in [0, 0.05) is 38.0 Å². The normalized spacial score (nSPS) is 25.9. The topological polar surface area (TPSA) is 49.9 Å². The van der Waals surface area contributed by atoms with Gasteiger partial charge in [-0.05, 0) is 49.8 Å². The third-order valence-electron chi connectivity index (χ3n) is 6.86. The predicted molar refractivity (Wildman–Crippen MR) is 108 cm³/mol. The monoisotopic (exact) mass is 384 g/mol. The molecule has 0 bridgehead atoms. The van der Waals surface area contributed by atoms with Gasteiger partial charge >= 0.3 is 0 Å². The van der Waals surface area contributed by atoms with Gasteiger partial charge in [-0.25, -0.2) is 0 Å². The molecular formula is C23H32N2O3. The predicted octanol–water partition coefficient (Wildman–Crippen LogP) is 3.44. The Morgan fingerprint density at radius 1 is 0.857 bits per heavy atom. The Morgan fingerprint density at radius 3 is 2.18 bits per heavy atom. The first-order valence-electron chi connectivity index (χ1n) is 10.9. The zero-order chi connectivity index (χ0) is 19.5. The maximum absolute atomic E-state index is 13.4. The van der Waals surface area contributed by atoms with Crippen molar-refractivity contribution >= 4 is 11.8 Å². The summed E-state index contributed by atoms with van der Waals surface area (Å²) in [5, 5.41) is 0. The number of hydrogen-bond donors (Lipinski definition) is 0. The minimum atomic E-state index is -0.128. The highest BCUT2D eigenvalue weighted by atomic mass is 16.5. The standard InChI is InChI=1S/C23H32N2O3/c1-28-19-11-9-17(10-12-19)20-15-25(22(26)18-7-3-4-8-18)16-21(20)23(27)24-13-5-2-6-14-24/h9-12,18,20-21H,2-8,13-16H2,1H3. The van der Waals surface area contributed by atoms with E-state index >= 15 is 0 Å². The third kappa shape index (κ3) is 3.89. The van der Waals surface area contributed by atoms with Gasteiger partial charge in [0.1, 0.15) is 5.75 Å². The van der Waals surface area contributed by atoms with Crippen LogP contribution in [0.2, 0.25) is 0 Å². The SMILES string of the molecule is COc1ccc(C2CN(C(=O)C3CCCC3)CC2C(=O)N2CCCCC2)cc1. The van der Waals surface area contributed by atoms with Crippen molar-refractivity contribution in [2.45, 2.75) is 50.9 Å². The first-order chi connectivity index (χ1) is 13.7. The summed E-state index contributed by atoms with van der Waals surface area (Å²) in [5.74, 6) is 1.44. The van der Waals surface area contributed by atoms with Crippen LogP contribution in [0.1, 0.15) is 56.4 Å². The number of methoxy groups -OCH3 is 1. The molecule has 152 valence electrons. The molecule has 5 nitrogen and oxygen atoms in total. The summed E-state index contributed by atoms with van der Waals surface area (Å²) in [4.78, 5) is 30.4. The van der Waals surface area contributed by atoms with E-state index in [9.17, 15) is 9.59 Å². The van der Waals surface area contributed by atoms with Crippen LogP contribution in [0, 0.1) is 11.8 Å². The van der Waals surface area contributed by atoms with Gasteiger partial charge in [-0.1, -0.05) is 25.0 Å². The van der Waals surface area contributed by atoms with E-state index < -0.39 is 0 Å². The molecule has 1 aromatic carbocycles. The largest absolute Gasteiger partial charge is 0.497 e. The van der Waals surface area contributed by atoms with Crippen LogP contribution < -0.4 is 4.74 Å². The van der Waals surface area contributed by atoms with Gasteiger partial charge in [-0.2, -0.15) is 0 Å². The van der Waals surface area contributed by atoms with E-state index in [-0.39, 0.29) is 29.6 Å². The van der Waals surface area contributed by atoms with Crippen molar-refractivity contribution in [3.8, 4) is 5.75 Å². The van der Waals surface area contributed by atoms with E-state index in [1.54, 1.807) is 7.11 Å². The Hall–Kier alpha value is -2.04. The third-order valence-corrected chi connectivity index (χ3v) is 6.86. The molecule has 1 aliphatic carbocycles. The van der Waals surface area contributed by atoms with Gasteiger partial charge in [0.2, 0.25) is 11.8 Å². The zero-order valence-corrected chi connectivity index (χ0v) is 16.9. The van der Waals surface area contributed by atoms with Crippen molar-refractivity contribution in [3.05, 3.63) is 29.8 Å². The molecule has 0 spiro atoms. The molecule has 0 radical (unpaired) electrons. The van der Waals surface area contributed by atoms with Crippen LogP contribution in [0.4, 0.5) is 0 Å². The number of benzene rings is 1. The van der Waals surface area contributed by atoms with Crippen LogP contribution in [0.5, 0.6) is 5.75 Å². The van der Waals surface area contributed by atoms with Gasteiger partial charge in [-0.3, -0.25) is 9.59 Å². The summed E-state index contributed by atoms with van der Waals surface area (Å²) >= 11 is 0. The highest BCUT2D eigenvalue weighted by molar-refractivity contribution is 5.84. The average Bonchev–Trinajstić information content (AvgIpc) is 3.44. The summed E-state index contributed by atoms with van der Waals surface area (Å²) in [6.07, 6.45) is 7.72. The first-order valence-corrected chi connectivity index (χ1v) is 10.9. The van der Waals surface area contributed by atoms with E-state index in [4.69, 9.17) is 4.74 Å². The van der Waals surface area contributed by atoms with Crippen LogP contribution in [-0.4, -0.2) is 54.9 Å². The maximum atomic E-state index is 13.4. The summed E-state index contributed by atoms with van der Waals surface area (Å²) in [7, 11) is 1.66. The Morgan fingerprint density at radius 2 is 1.54 bits per heavy atom. The molecule has 0 N–H and O–H groups in total. The molecule has 4 rings (SSSR count). The molecule has 2 saturated heterocycles. The Kier molecular flexibility index (Phi) is 5.88. The van der Waals surface area contributed by atoms with Crippen LogP contribution in [-0.2, 0) is 9.59 Å². The van der Waals surface area contributed by atoms with E-state index in [1.165, 1.54) is 6.42 Å². The van der Waals surface area contributed by atoms with Gasteiger partial charge in [-0.15, -0.1) is 0 Å². The van der Waals surface area contributed by atoms with Crippen LogP contribution in [0.15, 0.2) is 24.3 Å². The van der Waals surface area contributed by atoms with Gasteiger partial charge in [0.05, 0.1) is 13.0 Å². The minimum Gasteiger partial charge on any atom is -0.497 e. The number of carbonyl (C=O) groups excluding carboxylic acids is 2. The summed E-state index contributed by atoms with van der Waals surface area (Å²) in [6, 6.07) is 8.03. The Balaban J connectivity index is 1.55. The lowest BCUT2D eigenvalue weighted by atomic mass is 9.87. The van der Waals surface area contributed by atoms with Crippen molar-refractivity contribution in [2.75, 3.05) is 33.3 Å². The van der Waals surface area contributed by atoms with E-state index in [0.29, 0.717) is 13.1 Å². The van der Waals surface area contributed by atoms with Crippen molar-refractivity contribution in [1.29, 1.82) is 0 Å². The van der Waals surface area contributed by atoms with Gasteiger partial charge in [0.25, 0.3) is 0 Å². The zero-order valence-electron chi connectivity index (χ0n) is 16.9. The van der Waals surface area contributed by atoms with Crippen molar-refractivity contribution in [2.24, 2.45) is 11.8 Å². The fourth-order valence-electron chi connectivity index (χ4n) is 5.20. The number of nitrogens with zero attached hydrogens (tertiary/aromatic N) is 2. The number of hydrogen-bond acceptors (Lipinski definition) is 3. The highest BCUT2D eigenvalue weighted by Gasteiger charge is 2.43. The molecule has 3 aliphatic rings. The lowest BCUT2D eigenvalue weighted by Crippen LogP contribution is -2.42. The number of ether oxygens (including phenoxy) is 1. The fourth-order valence-corrected chi connectivity index (χ4v) is 5.20. The molecule has 1 saturated carbocycles. The van der Waals surface area contributed by atoms with Crippen LogP contribution in [0.25, 0.3) is 0 Å². The molecule has 2 atom stereocenters. The maximum Gasteiger partial charge on any atom is 0.228 e. The van der Waals surface area contributed by atoms with Crippen molar-refractivity contribution < 1.29 is 14.3 Å². The van der Waals surface area contributed by atoms with E-state index in [1.807, 2.05) is 21.9 Å². The fraction of sp³-hybridized carbons (Fsp3) is 0.652. The summed E-state index contributed by atoms with van der Waals surface area (Å²) < 4.78 is 5.29. The quantitative estimate of drug-likeness (QED) is 0.799. The smallest absolute Gasteiger partial charge is 0.228 e. The lowest BCUT2D eigenvalue weighted by molar-refractivity contribution is -0.137. The van der Waals surface area contributed by atoms with Crippen molar-refractivity contribution in [3.63, 3.8) is 0 Å². The second kappa shape index (κ2) is 8.54. The highest BCUT2D eigenvalue weighted by Crippen LogP contribution is 2.37. The second-order valence-corrected chi connectivity index (χ2v) is 8.60. The summed E-state index contributed by atoms with van der Waals surface area (Å²) in [6.45, 7) is 2.95. The summed E-state index contributed by atoms with van der Waals surface area (Å²) in [5.41, 5.74) is 1.14. The molecule has 3 fully saturated rings. The molecule has 2 unspecified atom stereocenters. The Labute approximate surface area is 168 Å². The minimum absolute atomic E-state index is 0.0747. The number of rotatable bonds is 4. The van der Waals surface area contributed by atoms with E-state index in [0.717, 1.165) is 62.9 Å². The van der Waals surface area contributed by atoms with Crippen molar-refractivity contribution in [1.82, 2.24) is 9.80 Å². The number of amides is 2. The van der Waals surface area contributed by atoms with E-state index in [2.05, 4.69) is 12.1 Å². The lowest BCUT2D eigenvalue weighted by Gasteiger charge is -2.31. The number of likely N-dealkylation sites (tertiary alicyclic amines) is 2. The second-order valence-electron chi connectivity index (χ2n) is 8.60. The number of piperidine rings is 1. The Bertz CT molecular complexity index is 690. The van der Waals surface area contributed by atoms with Crippen LogP contribution >= 0.6 is 0 Å². The van der Waals surface area contributed by atoms with Crippen LogP contribution in [0.3, 0.4) is 0 Å². The van der Waals surface area contributed by atoms with Gasteiger partial charge in [0.15, 0.2) is 0 Å². The average molecular weight is 385 g/mol. The molecule has 28 heavy (non-hydrogen) atoms. The molecular weight excluding hydrogens is 352 g/mol. The van der Waals surface area contributed by atoms with Gasteiger partial charge < -0.3 is 14.5 Å². The first kappa shape index (κ1) is 19.3. The molecule has 1 aromatic rings. The molecule has 2 heterocycles. The molecule has 5 heteroatoms.